The second-order valence-corrected chi connectivity index (χ2v) is 11.4. The lowest BCUT2D eigenvalue weighted by atomic mass is 9.94. The molecule has 0 spiro atoms. The number of carbonyl (C=O) groups is 1. The van der Waals surface area contributed by atoms with Gasteiger partial charge in [0.2, 0.25) is 0 Å². The van der Waals surface area contributed by atoms with Gasteiger partial charge in [-0.1, -0.05) is 82.2 Å². The molecule has 0 saturated heterocycles. The highest BCUT2D eigenvalue weighted by Gasteiger charge is 2.35. The number of carbonyl (C=O) groups excluding carboxylic acids is 1. The van der Waals surface area contributed by atoms with Crippen molar-refractivity contribution in [3.63, 3.8) is 0 Å². The predicted molar refractivity (Wildman–Crippen MR) is 157 cm³/mol. The smallest absolute Gasteiger partial charge is 0.284 e. The van der Waals surface area contributed by atoms with Crippen molar-refractivity contribution < 1.29 is 13.2 Å². The van der Waals surface area contributed by atoms with Crippen LogP contribution in [-0.2, 0) is 14.8 Å². The summed E-state index contributed by atoms with van der Waals surface area (Å²) in [5.41, 5.74) is 4.37. The topological polar surface area (TPSA) is 78.8 Å². The number of anilines is 2. The highest BCUT2D eigenvalue weighted by atomic mass is 79.9. The molecule has 0 atom stereocenters. The van der Waals surface area contributed by atoms with E-state index in [0.29, 0.717) is 28.0 Å². The molecule has 4 aromatic rings. The number of para-hydroxylation sites is 1. The molecule has 1 amide bonds. The van der Waals surface area contributed by atoms with Gasteiger partial charge in [-0.2, -0.15) is 8.42 Å². The van der Waals surface area contributed by atoms with Crippen LogP contribution in [-0.4, -0.2) is 27.2 Å². The summed E-state index contributed by atoms with van der Waals surface area (Å²) in [6.45, 7) is 1.89. The zero-order valence-corrected chi connectivity index (χ0v) is 23.1. The van der Waals surface area contributed by atoms with Gasteiger partial charge in [0.15, 0.2) is 5.84 Å². The molecule has 1 N–H and O–H groups in total. The van der Waals surface area contributed by atoms with Gasteiger partial charge in [0.25, 0.3) is 15.9 Å². The summed E-state index contributed by atoms with van der Waals surface area (Å²) < 4.78 is 32.3. The van der Waals surface area contributed by atoms with E-state index in [1.165, 1.54) is 12.1 Å². The fourth-order valence-corrected chi connectivity index (χ4v) is 5.64. The molecule has 190 valence electrons. The van der Waals surface area contributed by atoms with E-state index in [1.54, 1.807) is 24.1 Å². The molecule has 0 radical (unpaired) electrons. The number of aryl methyl sites for hydroxylation is 1. The monoisotopic (exact) mass is 585 g/mol. The van der Waals surface area contributed by atoms with E-state index in [9.17, 15) is 13.2 Å². The molecule has 5 rings (SSSR count). The number of nitrogens with zero attached hydrogens (tertiary/aromatic N) is 2. The Morgan fingerprint density at radius 1 is 0.868 bits per heavy atom. The molecule has 1 heterocycles. The maximum absolute atomic E-state index is 13.7. The predicted octanol–water partition coefficient (Wildman–Crippen LogP) is 6.54. The standard InChI is InChI=1S/C30H24BrN3O3S/c1-20-13-16-24(17-14-20)38(36,37)33-29(32-23-11-7-4-8-12-23)27(21-9-5-3-6-10-21)28-25-19-22(31)15-18-26(25)34(2)30(28)35/h3-19H,1-2H3,(H,32,33)/b28-27+. The van der Waals surface area contributed by atoms with E-state index in [4.69, 9.17) is 0 Å². The lowest BCUT2D eigenvalue weighted by Gasteiger charge is -2.17. The van der Waals surface area contributed by atoms with Crippen LogP contribution in [0.25, 0.3) is 11.1 Å². The zero-order valence-electron chi connectivity index (χ0n) is 20.7. The van der Waals surface area contributed by atoms with Gasteiger partial charge in [0.05, 0.1) is 16.2 Å². The molecule has 1 aliphatic rings. The molecule has 0 fully saturated rings. The first-order chi connectivity index (χ1) is 18.2. The normalized spacial score (nSPS) is 14.9. The maximum Gasteiger partial charge on any atom is 0.284 e. The van der Waals surface area contributed by atoms with Crippen molar-refractivity contribution in [2.24, 2.45) is 4.40 Å². The Labute approximate surface area is 230 Å². The fraction of sp³-hybridized carbons (Fsp3) is 0.0667. The second-order valence-electron chi connectivity index (χ2n) is 8.86. The maximum atomic E-state index is 13.7. The average Bonchev–Trinajstić information content (AvgIpc) is 3.14. The van der Waals surface area contributed by atoms with Crippen LogP contribution in [0.2, 0.25) is 0 Å². The Hall–Kier alpha value is -4.01. The molecule has 0 unspecified atom stereocenters. The minimum atomic E-state index is -4.14. The van der Waals surface area contributed by atoms with Crippen LogP contribution >= 0.6 is 15.9 Å². The van der Waals surface area contributed by atoms with E-state index in [0.717, 1.165) is 15.7 Å². The summed E-state index contributed by atoms with van der Waals surface area (Å²) in [6, 6.07) is 30.5. The lowest BCUT2D eigenvalue weighted by molar-refractivity contribution is -0.112. The number of likely N-dealkylation sites (N-methyl/N-ethyl adjacent to an activating group) is 1. The number of amidine groups is 1. The van der Waals surface area contributed by atoms with Crippen LogP contribution in [0.4, 0.5) is 11.4 Å². The number of amides is 1. The number of nitrogens with one attached hydrogen (secondary N) is 1. The van der Waals surface area contributed by atoms with Crippen LogP contribution in [0.1, 0.15) is 16.7 Å². The van der Waals surface area contributed by atoms with Crippen molar-refractivity contribution in [3.8, 4) is 0 Å². The molecule has 4 aromatic carbocycles. The van der Waals surface area contributed by atoms with Crippen LogP contribution in [0, 0.1) is 6.92 Å². The van der Waals surface area contributed by atoms with Crippen LogP contribution in [0.3, 0.4) is 0 Å². The summed E-state index contributed by atoms with van der Waals surface area (Å²) in [4.78, 5) is 15.4. The van der Waals surface area contributed by atoms with Crippen molar-refractivity contribution in [1.29, 1.82) is 0 Å². The highest BCUT2D eigenvalue weighted by molar-refractivity contribution is 9.10. The molecular weight excluding hydrogens is 562 g/mol. The van der Waals surface area contributed by atoms with Crippen molar-refractivity contribution in [1.82, 2.24) is 0 Å². The third-order valence-corrected chi connectivity index (χ3v) is 8.01. The SMILES string of the molecule is Cc1ccc(S(=O)(=O)/N=C(Nc2ccccc2)/C(=C2/C(=O)N(C)c3ccc(Br)cc32)c2ccccc2)cc1. The Morgan fingerprint density at radius 2 is 1.50 bits per heavy atom. The number of hydrogen-bond acceptors (Lipinski definition) is 3. The molecule has 0 bridgehead atoms. The zero-order chi connectivity index (χ0) is 26.9. The van der Waals surface area contributed by atoms with Crippen molar-refractivity contribution in [2.75, 3.05) is 17.3 Å². The Balaban J connectivity index is 1.83. The first-order valence-electron chi connectivity index (χ1n) is 11.9. The van der Waals surface area contributed by atoms with Gasteiger partial charge in [-0.15, -0.1) is 4.40 Å². The molecule has 0 aliphatic carbocycles. The first-order valence-corrected chi connectivity index (χ1v) is 14.1. The van der Waals surface area contributed by atoms with E-state index in [1.807, 2.05) is 85.8 Å². The minimum absolute atomic E-state index is 0.0487. The molecule has 1 aliphatic heterocycles. The number of hydrogen-bond donors (Lipinski definition) is 1. The third-order valence-electron chi connectivity index (χ3n) is 6.22. The minimum Gasteiger partial charge on any atom is -0.339 e. The quantitative estimate of drug-likeness (QED) is 0.164. The molecule has 0 saturated carbocycles. The molecule has 8 heteroatoms. The van der Waals surface area contributed by atoms with Crippen LogP contribution in [0.5, 0.6) is 0 Å². The van der Waals surface area contributed by atoms with E-state index >= 15 is 0 Å². The summed E-state index contributed by atoms with van der Waals surface area (Å²) in [6.07, 6.45) is 0. The molecular formula is C30H24BrN3O3S. The number of fused-ring (bicyclic) bond motifs is 1. The van der Waals surface area contributed by atoms with Gasteiger partial charge in [-0.25, -0.2) is 0 Å². The Kier molecular flexibility index (Phi) is 7.01. The highest BCUT2D eigenvalue weighted by Crippen LogP contribution is 2.42. The van der Waals surface area contributed by atoms with Gasteiger partial charge in [0, 0.05) is 28.3 Å². The largest absolute Gasteiger partial charge is 0.339 e. The Morgan fingerprint density at radius 3 is 2.16 bits per heavy atom. The van der Waals surface area contributed by atoms with Gasteiger partial charge in [0.1, 0.15) is 0 Å². The number of halogens is 1. The van der Waals surface area contributed by atoms with Crippen LogP contribution < -0.4 is 10.2 Å². The number of sulfonamides is 1. The Bertz CT molecular complexity index is 1680. The summed E-state index contributed by atoms with van der Waals surface area (Å²) in [5.74, 6) is -0.209. The van der Waals surface area contributed by atoms with Crippen LogP contribution in [0.15, 0.2) is 117 Å². The van der Waals surface area contributed by atoms with Gasteiger partial charge < -0.3 is 10.2 Å². The summed E-state index contributed by atoms with van der Waals surface area (Å²) in [5, 5.41) is 3.20. The summed E-state index contributed by atoms with van der Waals surface area (Å²) in [7, 11) is -2.43. The second kappa shape index (κ2) is 10.4. The van der Waals surface area contributed by atoms with Crippen molar-refractivity contribution >= 4 is 60.2 Å². The third kappa shape index (κ3) is 5.05. The van der Waals surface area contributed by atoms with E-state index < -0.39 is 10.0 Å². The molecule has 6 nitrogen and oxygen atoms in total. The van der Waals surface area contributed by atoms with Gasteiger partial charge in [-0.3, -0.25) is 4.79 Å². The van der Waals surface area contributed by atoms with E-state index in [-0.39, 0.29) is 16.6 Å². The number of benzene rings is 4. The summed E-state index contributed by atoms with van der Waals surface area (Å²) >= 11 is 3.52. The number of rotatable bonds is 5. The van der Waals surface area contributed by atoms with E-state index in [2.05, 4.69) is 25.6 Å². The fourth-order valence-electron chi connectivity index (χ4n) is 4.31. The van der Waals surface area contributed by atoms with Crippen molar-refractivity contribution in [3.05, 3.63) is 124 Å². The molecule has 0 aromatic heterocycles. The first kappa shape index (κ1) is 25.6. The van der Waals surface area contributed by atoms with Gasteiger partial charge >= 0.3 is 0 Å². The lowest BCUT2D eigenvalue weighted by Crippen LogP contribution is -2.24. The van der Waals surface area contributed by atoms with Gasteiger partial charge in [-0.05, 0) is 55.0 Å². The average molecular weight is 587 g/mol. The van der Waals surface area contributed by atoms with Crippen molar-refractivity contribution in [2.45, 2.75) is 11.8 Å². The molecule has 38 heavy (non-hydrogen) atoms.